The van der Waals surface area contributed by atoms with E-state index in [9.17, 15) is 13.6 Å². The number of imidazole rings is 1. The van der Waals surface area contributed by atoms with Crippen molar-refractivity contribution >= 4 is 28.5 Å². The molecule has 1 aromatic heterocycles. The number of carbonyl (C=O) groups excluding carboxylic acids is 1. The third-order valence-corrected chi connectivity index (χ3v) is 3.20. The number of rotatable bonds is 4. The van der Waals surface area contributed by atoms with Crippen molar-refractivity contribution in [3.8, 4) is 0 Å². The van der Waals surface area contributed by atoms with E-state index in [0.717, 1.165) is 0 Å². The number of benzene rings is 1. The van der Waals surface area contributed by atoms with Gasteiger partial charge in [-0.3, -0.25) is 4.79 Å². The molecule has 4 nitrogen and oxygen atoms in total. The number of carbonyl (C=O) groups is 1. The van der Waals surface area contributed by atoms with Crippen LogP contribution in [0.3, 0.4) is 0 Å². The second-order valence-electron chi connectivity index (χ2n) is 4.16. The molecule has 1 amide bonds. The van der Waals surface area contributed by atoms with Gasteiger partial charge in [0.05, 0.1) is 16.9 Å². The Morgan fingerprint density at radius 2 is 2.21 bits per heavy atom. The molecule has 1 atom stereocenters. The fraction of sp³-hybridized carbons (Fsp3) is 0.333. The van der Waals surface area contributed by atoms with E-state index in [1.54, 1.807) is 11.5 Å². The van der Waals surface area contributed by atoms with Crippen LogP contribution in [0.1, 0.15) is 30.8 Å². The van der Waals surface area contributed by atoms with Gasteiger partial charge in [0.1, 0.15) is 11.9 Å². The third-order valence-electron chi connectivity index (χ3n) is 2.96. The van der Waals surface area contributed by atoms with E-state index in [2.05, 4.69) is 4.98 Å². The average Bonchev–Trinajstić information content (AvgIpc) is 2.74. The molecule has 19 heavy (non-hydrogen) atoms. The maximum absolute atomic E-state index is 12.6. The smallest absolute Gasteiger partial charge is 0.263 e. The quantitative estimate of drug-likeness (QED) is 0.879. The molecule has 0 fully saturated rings. The highest BCUT2D eigenvalue weighted by atomic mass is 35.5. The lowest BCUT2D eigenvalue weighted by molar-refractivity contribution is -0.120. The molecule has 0 radical (unpaired) electrons. The van der Waals surface area contributed by atoms with Gasteiger partial charge in [0, 0.05) is 5.56 Å². The first kappa shape index (κ1) is 13.7. The molecule has 0 saturated carbocycles. The van der Waals surface area contributed by atoms with E-state index in [1.807, 2.05) is 0 Å². The lowest BCUT2D eigenvalue weighted by atomic mass is 10.2. The van der Waals surface area contributed by atoms with Gasteiger partial charge < -0.3 is 10.3 Å². The van der Waals surface area contributed by atoms with E-state index in [-0.39, 0.29) is 11.4 Å². The van der Waals surface area contributed by atoms with Crippen molar-refractivity contribution < 1.29 is 13.6 Å². The molecule has 2 rings (SSSR count). The van der Waals surface area contributed by atoms with Gasteiger partial charge in [-0.1, -0.05) is 6.07 Å². The maximum atomic E-state index is 12.6. The largest absolute Gasteiger partial charge is 0.368 e. The molecular weight excluding hydrogens is 276 g/mol. The summed E-state index contributed by atoms with van der Waals surface area (Å²) in [6.45, 7) is 1.61. The SMILES string of the molecule is CC(C(N)=O)n1c(CCl)nc2cc(C(F)F)ccc21. The van der Waals surface area contributed by atoms with Crippen LogP contribution in [0.2, 0.25) is 0 Å². The van der Waals surface area contributed by atoms with Gasteiger partial charge in [-0.2, -0.15) is 0 Å². The molecule has 1 heterocycles. The minimum absolute atomic E-state index is 0.0658. The van der Waals surface area contributed by atoms with Gasteiger partial charge in [0.2, 0.25) is 5.91 Å². The normalized spacial score (nSPS) is 13.1. The molecule has 2 N–H and O–H groups in total. The Hall–Kier alpha value is -1.69. The van der Waals surface area contributed by atoms with E-state index in [4.69, 9.17) is 17.3 Å². The minimum atomic E-state index is -2.57. The topological polar surface area (TPSA) is 60.9 Å². The van der Waals surface area contributed by atoms with Crippen LogP contribution in [-0.4, -0.2) is 15.5 Å². The summed E-state index contributed by atoms with van der Waals surface area (Å²) in [6, 6.07) is 3.45. The van der Waals surface area contributed by atoms with Gasteiger partial charge in [-0.25, -0.2) is 13.8 Å². The molecule has 0 aliphatic carbocycles. The molecule has 102 valence electrons. The van der Waals surface area contributed by atoms with E-state index in [0.29, 0.717) is 16.9 Å². The zero-order valence-electron chi connectivity index (χ0n) is 10.1. The van der Waals surface area contributed by atoms with E-state index in [1.165, 1.54) is 18.2 Å². The fourth-order valence-electron chi connectivity index (χ4n) is 1.96. The number of aromatic nitrogens is 2. The molecule has 0 spiro atoms. The summed E-state index contributed by atoms with van der Waals surface area (Å²) >= 11 is 5.77. The Balaban J connectivity index is 2.65. The molecule has 0 aliphatic rings. The standard InChI is InChI=1S/C12H12ClF2N3O/c1-6(12(16)19)18-9-3-2-7(11(14)15)4-8(9)17-10(18)5-13/h2-4,6,11H,5H2,1H3,(H2,16,19). The van der Waals surface area contributed by atoms with Gasteiger partial charge >= 0.3 is 0 Å². The first-order valence-electron chi connectivity index (χ1n) is 5.60. The zero-order valence-corrected chi connectivity index (χ0v) is 10.9. The molecule has 0 saturated heterocycles. The summed E-state index contributed by atoms with van der Waals surface area (Å²) in [4.78, 5) is 15.5. The molecule has 0 aliphatic heterocycles. The second kappa shape index (κ2) is 5.13. The van der Waals surface area contributed by atoms with E-state index >= 15 is 0 Å². The molecular formula is C12H12ClF2N3O. The molecule has 2 aromatic rings. The van der Waals surface area contributed by atoms with Crippen molar-refractivity contribution in [3.05, 3.63) is 29.6 Å². The first-order chi connectivity index (χ1) is 8.95. The van der Waals surface area contributed by atoms with Crippen LogP contribution >= 0.6 is 11.6 Å². The molecule has 7 heteroatoms. The van der Waals surface area contributed by atoms with Crippen molar-refractivity contribution in [1.29, 1.82) is 0 Å². The Morgan fingerprint density at radius 3 is 2.74 bits per heavy atom. The van der Waals surface area contributed by atoms with Crippen LogP contribution < -0.4 is 5.73 Å². The summed E-state index contributed by atoms with van der Waals surface area (Å²) < 4.78 is 26.8. The number of nitrogens with two attached hydrogens (primary N) is 1. The van der Waals surface area contributed by atoms with Crippen molar-refractivity contribution in [3.63, 3.8) is 0 Å². The van der Waals surface area contributed by atoms with Crippen LogP contribution in [0.4, 0.5) is 8.78 Å². The first-order valence-corrected chi connectivity index (χ1v) is 6.13. The monoisotopic (exact) mass is 287 g/mol. The number of hydrogen-bond donors (Lipinski definition) is 1. The van der Waals surface area contributed by atoms with Gasteiger partial charge in [-0.15, -0.1) is 11.6 Å². The summed E-state index contributed by atoms with van der Waals surface area (Å²) in [5.41, 5.74) is 6.09. The van der Waals surface area contributed by atoms with Crippen LogP contribution in [0.5, 0.6) is 0 Å². The van der Waals surface area contributed by atoms with E-state index < -0.39 is 18.4 Å². The number of alkyl halides is 3. The average molecular weight is 288 g/mol. The summed E-state index contributed by atoms with van der Waals surface area (Å²) in [7, 11) is 0. The predicted molar refractivity (Wildman–Crippen MR) is 68.2 cm³/mol. The van der Waals surface area contributed by atoms with Crippen molar-refractivity contribution in [2.45, 2.75) is 25.3 Å². The number of amides is 1. The van der Waals surface area contributed by atoms with Crippen LogP contribution in [0, 0.1) is 0 Å². The number of primary amides is 1. The van der Waals surface area contributed by atoms with Crippen molar-refractivity contribution in [1.82, 2.24) is 9.55 Å². The second-order valence-corrected chi connectivity index (χ2v) is 4.43. The number of fused-ring (bicyclic) bond motifs is 1. The number of hydrogen-bond acceptors (Lipinski definition) is 2. The van der Waals surface area contributed by atoms with Crippen LogP contribution in [0.15, 0.2) is 18.2 Å². The number of nitrogens with zero attached hydrogens (tertiary/aromatic N) is 2. The third kappa shape index (κ3) is 2.40. The molecule has 1 aromatic carbocycles. The summed E-state index contributed by atoms with van der Waals surface area (Å²) in [5, 5.41) is 0. The number of halogens is 3. The fourth-order valence-corrected chi connectivity index (χ4v) is 2.14. The van der Waals surface area contributed by atoms with Gasteiger partial charge in [0.15, 0.2) is 0 Å². The Kier molecular flexibility index (Phi) is 3.71. The molecule has 1 unspecified atom stereocenters. The Bertz CT molecular complexity index is 627. The van der Waals surface area contributed by atoms with Crippen LogP contribution in [0.25, 0.3) is 11.0 Å². The molecule has 0 bridgehead atoms. The lowest BCUT2D eigenvalue weighted by Crippen LogP contribution is -2.25. The van der Waals surface area contributed by atoms with Gasteiger partial charge in [0.25, 0.3) is 6.43 Å². The van der Waals surface area contributed by atoms with Crippen LogP contribution in [-0.2, 0) is 10.7 Å². The highest BCUT2D eigenvalue weighted by molar-refractivity contribution is 6.16. The summed E-state index contributed by atoms with van der Waals surface area (Å²) in [6.07, 6.45) is -2.57. The van der Waals surface area contributed by atoms with Gasteiger partial charge in [-0.05, 0) is 19.1 Å². The zero-order chi connectivity index (χ0) is 14.2. The summed E-state index contributed by atoms with van der Waals surface area (Å²) in [5.74, 6) is -0.0472. The predicted octanol–water partition coefficient (Wildman–Crippen LogP) is 2.76. The lowest BCUT2D eigenvalue weighted by Gasteiger charge is -2.13. The maximum Gasteiger partial charge on any atom is 0.263 e. The van der Waals surface area contributed by atoms with Crippen molar-refractivity contribution in [2.24, 2.45) is 5.73 Å². The Labute approximate surface area is 113 Å². The minimum Gasteiger partial charge on any atom is -0.368 e. The van der Waals surface area contributed by atoms with Crippen molar-refractivity contribution in [2.75, 3.05) is 0 Å². The Morgan fingerprint density at radius 1 is 1.53 bits per heavy atom. The highest BCUT2D eigenvalue weighted by Gasteiger charge is 2.20. The highest BCUT2D eigenvalue weighted by Crippen LogP contribution is 2.27.